The Hall–Kier alpha value is -0.970. The minimum absolute atomic E-state index is 0.137. The first kappa shape index (κ1) is 13.5. The van der Waals surface area contributed by atoms with Gasteiger partial charge in [-0.3, -0.25) is 0 Å². The van der Waals surface area contributed by atoms with Crippen LogP contribution in [0.25, 0.3) is 0 Å². The molecule has 0 bridgehead atoms. The van der Waals surface area contributed by atoms with Gasteiger partial charge in [-0.25, -0.2) is 4.98 Å². The highest BCUT2D eigenvalue weighted by molar-refractivity contribution is 7.99. The van der Waals surface area contributed by atoms with E-state index in [1.165, 1.54) is 17.9 Å². The van der Waals surface area contributed by atoms with Crippen LogP contribution >= 0.6 is 11.8 Å². The van der Waals surface area contributed by atoms with Crippen molar-refractivity contribution in [3.8, 4) is 5.88 Å². The maximum Gasteiger partial charge on any atom is 0.226 e. The molecule has 1 unspecified atom stereocenters. The van der Waals surface area contributed by atoms with E-state index in [-0.39, 0.29) is 6.10 Å². The van der Waals surface area contributed by atoms with E-state index in [0.717, 1.165) is 18.2 Å². The molecule has 1 aliphatic heterocycles. The third-order valence-electron chi connectivity index (χ3n) is 2.76. The van der Waals surface area contributed by atoms with Gasteiger partial charge in [-0.05, 0) is 44.6 Å². The van der Waals surface area contributed by atoms with Crippen molar-refractivity contribution in [3.05, 3.63) is 11.8 Å². The van der Waals surface area contributed by atoms with Gasteiger partial charge in [-0.15, -0.1) is 0 Å². The van der Waals surface area contributed by atoms with Crippen LogP contribution in [0.5, 0.6) is 5.88 Å². The van der Waals surface area contributed by atoms with E-state index in [1.54, 1.807) is 0 Å². The highest BCUT2D eigenvalue weighted by atomic mass is 32.2. The highest BCUT2D eigenvalue weighted by Gasteiger charge is 2.15. The van der Waals surface area contributed by atoms with Crippen LogP contribution in [0.2, 0.25) is 0 Å². The van der Waals surface area contributed by atoms with Gasteiger partial charge in [0, 0.05) is 18.3 Å². The minimum atomic E-state index is 0.137. The van der Waals surface area contributed by atoms with E-state index in [4.69, 9.17) is 4.74 Å². The van der Waals surface area contributed by atoms with E-state index in [9.17, 15) is 0 Å². The van der Waals surface area contributed by atoms with Crippen molar-refractivity contribution in [1.82, 2.24) is 9.97 Å². The van der Waals surface area contributed by atoms with Crippen molar-refractivity contribution in [2.24, 2.45) is 5.92 Å². The normalized spacial score (nSPS) is 19.2. The Morgan fingerprint density at radius 1 is 1.50 bits per heavy atom. The summed E-state index contributed by atoms with van der Waals surface area (Å²) in [6, 6.07) is 1.87. The third-order valence-corrected chi connectivity index (χ3v) is 3.99. The van der Waals surface area contributed by atoms with E-state index in [2.05, 4.69) is 15.3 Å². The second-order valence-corrected chi connectivity index (χ2v) is 6.10. The smallest absolute Gasteiger partial charge is 0.226 e. The number of anilines is 1. The third kappa shape index (κ3) is 4.05. The lowest BCUT2D eigenvalue weighted by Crippen LogP contribution is -2.16. The van der Waals surface area contributed by atoms with Gasteiger partial charge in [-0.1, -0.05) is 0 Å². The number of thioether (sulfide) groups is 1. The van der Waals surface area contributed by atoms with Crippen LogP contribution in [0.3, 0.4) is 0 Å². The molecule has 100 valence electrons. The molecular weight excluding hydrogens is 246 g/mol. The Kier molecular flexibility index (Phi) is 4.69. The summed E-state index contributed by atoms with van der Waals surface area (Å²) in [5.41, 5.74) is 0.934. The van der Waals surface area contributed by atoms with Gasteiger partial charge < -0.3 is 10.1 Å². The van der Waals surface area contributed by atoms with E-state index in [0.29, 0.717) is 11.8 Å². The average Bonchev–Trinajstić information content (AvgIpc) is 2.77. The summed E-state index contributed by atoms with van der Waals surface area (Å²) in [5.74, 6) is 4.61. The predicted molar refractivity (Wildman–Crippen MR) is 76.5 cm³/mol. The van der Waals surface area contributed by atoms with E-state index >= 15 is 0 Å². The monoisotopic (exact) mass is 267 g/mol. The quantitative estimate of drug-likeness (QED) is 0.889. The summed E-state index contributed by atoms with van der Waals surface area (Å²) < 4.78 is 5.61. The van der Waals surface area contributed by atoms with Gasteiger partial charge in [0.15, 0.2) is 0 Å². The molecule has 0 aromatic carbocycles. The fraction of sp³-hybridized carbons (Fsp3) is 0.692. The molecule has 1 fully saturated rings. The Morgan fingerprint density at radius 3 is 3.00 bits per heavy atom. The minimum Gasteiger partial charge on any atom is -0.475 e. The van der Waals surface area contributed by atoms with Crippen LogP contribution < -0.4 is 10.1 Å². The number of nitrogens with zero attached hydrogens (tertiary/aromatic N) is 2. The van der Waals surface area contributed by atoms with Gasteiger partial charge in [0.1, 0.15) is 0 Å². The molecule has 0 amide bonds. The fourth-order valence-corrected chi connectivity index (χ4v) is 3.19. The maximum absolute atomic E-state index is 5.61. The molecule has 1 aromatic heterocycles. The molecular formula is C13H21N3OS. The number of ether oxygens (including phenoxy) is 1. The van der Waals surface area contributed by atoms with Crippen molar-refractivity contribution in [3.63, 3.8) is 0 Å². The molecule has 1 aliphatic rings. The summed E-state index contributed by atoms with van der Waals surface area (Å²) in [7, 11) is 0. The molecule has 0 spiro atoms. The lowest BCUT2D eigenvalue weighted by molar-refractivity contribution is 0.232. The molecule has 1 saturated heterocycles. The first-order chi connectivity index (χ1) is 8.63. The molecule has 18 heavy (non-hydrogen) atoms. The Balaban J connectivity index is 1.96. The van der Waals surface area contributed by atoms with Crippen molar-refractivity contribution < 1.29 is 4.74 Å². The molecule has 5 heteroatoms. The van der Waals surface area contributed by atoms with Crippen molar-refractivity contribution >= 4 is 17.7 Å². The average molecular weight is 267 g/mol. The number of hydrogen-bond acceptors (Lipinski definition) is 5. The zero-order valence-electron chi connectivity index (χ0n) is 11.3. The summed E-state index contributed by atoms with van der Waals surface area (Å²) in [5, 5.41) is 3.33. The summed E-state index contributed by atoms with van der Waals surface area (Å²) in [6.07, 6.45) is 1.43. The number of aromatic nitrogens is 2. The van der Waals surface area contributed by atoms with Crippen LogP contribution in [-0.2, 0) is 0 Å². The van der Waals surface area contributed by atoms with Crippen LogP contribution in [0.1, 0.15) is 26.0 Å². The Morgan fingerprint density at radius 2 is 2.33 bits per heavy atom. The van der Waals surface area contributed by atoms with Gasteiger partial charge in [0.25, 0.3) is 0 Å². The summed E-state index contributed by atoms with van der Waals surface area (Å²) in [4.78, 5) is 8.78. The zero-order valence-corrected chi connectivity index (χ0v) is 12.1. The van der Waals surface area contributed by atoms with Crippen LogP contribution in [0.15, 0.2) is 6.07 Å². The van der Waals surface area contributed by atoms with Crippen molar-refractivity contribution in [2.75, 3.05) is 23.4 Å². The standard InChI is InChI=1S/C13H21N3OS/c1-9(2)17-12-6-10(3)15-13(16-12)14-7-11-4-5-18-8-11/h6,9,11H,4-5,7-8H2,1-3H3,(H,14,15,16). The molecule has 1 aromatic rings. The second kappa shape index (κ2) is 6.27. The summed E-state index contributed by atoms with van der Waals surface area (Å²) in [6.45, 7) is 6.92. The largest absolute Gasteiger partial charge is 0.475 e. The van der Waals surface area contributed by atoms with Crippen LogP contribution in [0, 0.1) is 12.8 Å². The Bertz CT molecular complexity index is 392. The first-order valence-electron chi connectivity index (χ1n) is 6.47. The highest BCUT2D eigenvalue weighted by Crippen LogP contribution is 2.23. The zero-order chi connectivity index (χ0) is 13.0. The number of nitrogens with one attached hydrogen (secondary N) is 1. The fourth-order valence-electron chi connectivity index (χ4n) is 1.90. The van der Waals surface area contributed by atoms with Gasteiger partial charge in [-0.2, -0.15) is 16.7 Å². The van der Waals surface area contributed by atoms with Gasteiger partial charge in [0.2, 0.25) is 11.8 Å². The molecule has 0 radical (unpaired) electrons. The lowest BCUT2D eigenvalue weighted by atomic mass is 10.1. The summed E-state index contributed by atoms with van der Waals surface area (Å²) >= 11 is 2.03. The molecule has 4 nitrogen and oxygen atoms in total. The number of aryl methyl sites for hydroxylation is 1. The molecule has 2 heterocycles. The van der Waals surface area contributed by atoms with Gasteiger partial charge >= 0.3 is 0 Å². The molecule has 0 aliphatic carbocycles. The number of rotatable bonds is 5. The van der Waals surface area contributed by atoms with Crippen LogP contribution in [-0.4, -0.2) is 34.1 Å². The first-order valence-corrected chi connectivity index (χ1v) is 7.63. The van der Waals surface area contributed by atoms with Crippen LogP contribution in [0.4, 0.5) is 5.95 Å². The predicted octanol–water partition coefficient (Wildman–Crippen LogP) is 2.74. The second-order valence-electron chi connectivity index (χ2n) is 4.95. The maximum atomic E-state index is 5.61. The number of hydrogen-bond donors (Lipinski definition) is 1. The van der Waals surface area contributed by atoms with Crippen molar-refractivity contribution in [2.45, 2.75) is 33.3 Å². The van der Waals surface area contributed by atoms with Gasteiger partial charge in [0.05, 0.1) is 6.10 Å². The van der Waals surface area contributed by atoms with E-state index < -0.39 is 0 Å². The Labute approximate surface area is 113 Å². The van der Waals surface area contributed by atoms with E-state index in [1.807, 2.05) is 38.6 Å². The molecule has 1 atom stereocenters. The lowest BCUT2D eigenvalue weighted by Gasteiger charge is -2.13. The SMILES string of the molecule is Cc1cc(OC(C)C)nc(NCC2CCSC2)n1. The molecule has 2 rings (SSSR count). The molecule has 1 N–H and O–H groups in total. The van der Waals surface area contributed by atoms with Crippen molar-refractivity contribution in [1.29, 1.82) is 0 Å². The molecule has 0 saturated carbocycles. The topological polar surface area (TPSA) is 47.0 Å².